The number of carbonyl (C=O) groups excluding carboxylic acids is 1. The molecule has 0 radical (unpaired) electrons. The lowest BCUT2D eigenvalue weighted by atomic mass is 9.74. The molecule has 0 aromatic heterocycles. The summed E-state index contributed by atoms with van der Waals surface area (Å²) in [6, 6.07) is 0. The molecule has 126 valence electrons. The minimum atomic E-state index is -0.467. The van der Waals surface area contributed by atoms with Crippen LogP contribution in [0.3, 0.4) is 0 Å². The number of ether oxygens (including phenoxy) is 1. The molecule has 0 aromatic rings. The summed E-state index contributed by atoms with van der Waals surface area (Å²) < 4.78 is 17.1. The summed E-state index contributed by atoms with van der Waals surface area (Å²) in [5.74, 6) is 0. The van der Waals surface area contributed by atoms with Crippen molar-refractivity contribution >= 4 is 13.2 Å². The molecule has 1 rings (SSSR count). The zero-order valence-electron chi connectivity index (χ0n) is 15.0. The Morgan fingerprint density at radius 1 is 1.18 bits per heavy atom. The number of rotatable bonds is 5. The van der Waals surface area contributed by atoms with Crippen molar-refractivity contribution in [2.24, 2.45) is 0 Å². The maximum atomic E-state index is 12.1. The third-order valence-corrected chi connectivity index (χ3v) is 2.99. The molecule has 0 saturated carbocycles. The first-order valence-corrected chi connectivity index (χ1v) is 8.06. The van der Waals surface area contributed by atoms with Gasteiger partial charge in [0.05, 0.1) is 0 Å². The van der Waals surface area contributed by atoms with E-state index in [0.29, 0.717) is 13.1 Å². The summed E-state index contributed by atoms with van der Waals surface area (Å²) in [4.78, 5) is 13.8. The lowest BCUT2D eigenvalue weighted by Gasteiger charge is -2.31. The van der Waals surface area contributed by atoms with Crippen molar-refractivity contribution in [3.8, 4) is 0 Å². The Bertz CT molecular complexity index is 391. The average Bonchev–Trinajstić information content (AvgIpc) is 2.35. The summed E-state index contributed by atoms with van der Waals surface area (Å²) in [5.41, 5.74) is 0.632. The van der Waals surface area contributed by atoms with Crippen LogP contribution in [-0.2, 0) is 14.0 Å². The maximum absolute atomic E-state index is 12.1. The minimum absolute atomic E-state index is 0.0912. The van der Waals surface area contributed by atoms with E-state index < -0.39 is 5.60 Å². The Hall–Kier alpha value is -1.01. The van der Waals surface area contributed by atoms with Gasteiger partial charge in [0, 0.05) is 25.3 Å². The quantitative estimate of drug-likeness (QED) is 0.730. The summed E-state index contributed by atoms with van der Waals surface area (Å²) in [6.07, 6.45) is 2.67. The van der Waals surface area contributed by atoms with Crippen LogP contribution in [0, 0.1) is 0 Å². The molecule has 1 aliphatic heterocycles. The van der Waals surface area contributed by atoms with Crippen LogP contribution in [0.25, 0.3) is 0 Å². The Kier molecular flexibility index (Phi) is 6.94. The molecule has 0 N–H and O–H groups in total. The number of hydrogen-bond acceptors (Lipinski definition) is 4. The predicted molar refractivity (Wildman–Crippen MR) is 88.7 cm³/mol. The lowest BCUT2D eigenvalue weighted by molar-refractivity contribution is 0.0264. The molecule has 0 aromatic carbocycles. The smallest absolute Gasteiger partial charge is 0.444 e. The van der Waals surface area contributed by atoms with E-state index in [0.717, 1.165) is 11.9 Å². The second kappa shape index (κ2) is 8.02. The molecular formula is C16H30BNO4. The largest absolute Gasteiger partial charge is 0.489 e. The standard InChI is InChI=1S/C16H30BNO4/c1-12(2)21-17(22-13(3)4)14-8-10-18(11-9-14)15(19)20-16(5,6)7/h8,12-13H,9-11H2,1-7H3. The van der Waals surface area contributed by atoms with Crippen LogP contribution in [-0.4, -0.2) is 49.0 Å². The van der Waals surface area contributed by atoms with E-state index in [-0.39, 0.29) is 25.4 Å². The number of amides is 1. The lowest BCUT2D eigenvalue weighted by Crippen LogP contribution is -2.42. The van der Waals surface area contributed by atoms with Crippen LogP contribution in [0.1, 0.15) is 54.9 Å². The second-order valence-corrected chi connectivity index (χ2v) is 7.16. The maximum Gasteiger partial charge on any atom is 0.489 e. The third kappa shape index (κ3) is 6.84. The van der Waals surface area contributed by atoms with Gasteiger partial charge in [-0.15, -0.1) is 0 Å². The Labute approximate surface area is 135 Å². The predicted octanol–water partition coefficient (Wildman–Crippen LogP) is 3.43. The average molecular weight is 311 g/mol. The Morgan fingerprint density at radius 3 is 2.09 bits per heavy atom. The van der Waals surface area contributed by atoms with E-state index in [1.165, 1.54) is 0 Å². The molecule has 5 nitrogen and oxygen atoms in total. The molecule has 0 atom stereocenters. The van der Waals surface area contributed by atoms with E-state index in [1.54, 1.807) is 4.90 Å². The van der Waals surface area contributed by atoms with Crippen molar-refractivity contribution < 1.29 is 18.8 Å². The van der Waals surface area contributed by atoms with Crippen LogP contribution in [0.5, 0.6) is 0 Å². The fourth-order valence-electron chi connectivity index (χ4n) is 2.09. The molecule has 1 amide bonds. The van der Waals surface area contributed by atoms with E-state index >= 15 is 0 Å². The van der Waals surface area contributed by atoms with Gasteiger partial charge in [0.1, 0.15) is 5.60 Å². The number of carbonyl (C=O) groups is 1. The van der Waals surface area contributed by atoms with Crippen LogP contribution in [0.15, 0.2) is 11.5 Å². The Balaban J connectivity index is 2.65. The number of nitrogens with zero attached hydrogens (tertiary/aromatic N) is 1. The molecule has 0 fully saturated rings. The Morgan fingerprint density at radius 2 is 1.73 bits per heavy atom. The molecular weight excluding hydrogens is 281 g/mol. The van der Waals surface area contributed by atoms with Crippen molar-refractivity contribution in [3.05, 3.63) is 11.5 Å². The fourth-order valence-corrected chi connectivity index (χ4v) is 2.09. The topological polar surface area (TPSA) is 48.0 Å². The first-order valence-electron chi connectivity index (χ1n) is 8.06. The van der Waals surface area contributed by atoms with Gasteiger partial charge in [0.2, 0.25) is 0 Å². The highest BCUT2D eigenvalue weighted by Crippen LogP contribution is 2.19. The van der Waals surface area contributed by atoms with Gasteiger partial charge in [-0.25, -0.2) is 4.79 Å². The summed E-state index contributed by atoms with van der Waals surface area (Å²) in [7, 11) is -0.333. The van der Waals surface area contributed by atoms with Gasteiger partial charge in [-0.2, -0.15) is 0 Å². The zero-order chi connectivity index (χ0) is 16.9. The monoisotopic (exact) mass is 311 g/mol. The normalized spacial score (nSPS) is 16.0. The first-order chi connectivity index (χ1) is 10.1. The van der Waals surface area contributed by atoms with E-state index in [2.05, 4.69) is 0 Å². The highest BCUT2D eigenvalue weighted by Gasteiger charge is 2.31. The van der Waals surface area contributed by atoms with Crippen molar-refractivity contribution in [3.63, 3.8) is 0 Å². The second-order valence-electron chi connectivity index (χ2n) is 7.16. The van der Waals surface area contributed by atoms with Crippen LogP contribution >= 0.6 is 0 Å². The molecule has 0 unspecified atom stereocenters. The van der Waals surface area contributed by atoms with Gasteiger partial charge >= 0.3 is 13.2 Å². The highest BCUT2D eigenvalue weighted by molar-refractivity contribution is 6.53. The van der Waals surface area contributed by atoms with Crippen LogP contribution in [0.2, 0.25) is 0 Å². The molecule has 0 saturated heterocycles. The molecule has 0 bridgehead atoms. The summed E-state index contributed by atoms with van der Waals surface area (Å²) in [6.45, 7) is 14.8. The zero-order valence-corrected chi connectivity index (χ0v) is 15.0. The van der Waals surface area contributed by atoms with Crippen LogP contribution in [0.4, 0.5) is 4.79 Å². The summed E-state index contributed by atoms with van der Waals surface area (Å²) in [5, 5.41) is 0. The molecule has 6 heteroatoms. The molecule has 0 spiro atoms. The first kappa shape index (κ1) is 19.0. The van der Waals surface area contributed by atoms with Crippen molar-refractivity contribution in [1.82, 2.24) is 4.90 Å². The highest BCUT2D eigenvalue weighted by atomic mass is 16.6. The number of hydrogen-bond donors (Lipinski definition) is 0. The minimum Gasteiger partial charge on any atom is -0.444 e. The summed E-state index contributed by atoms with van der Waals surface area (Å²) >= 11 is 0. The van der Waals surface area contributed by atoms with Crippen molar-refractivity contribution in [1.29, 1.82) is 0 Å². The fraction of sp³-hybridized carbons (Fsp3) is 0.812. The van der Waals surface area contributed by atoms with E-state index in [1.807, 2.05) is 54.5 Å². The third-order valence-electron chi connectivity index (χ3n) is 2.99. The van der Waals surface area contributed by atoms with E-state index in [9.17, 15) is 4.79 Å². The van der Waals surface area contributed by atoms with Crippen molar-refractivity contribution in [2.75, 3.05) is 13.1 Å². The van der Waals surface area contributed by atoms with Gasteiger partial charge in [0.25, 0.3) is 0 Å². The van der Waals surface area contributed by atoms with Gasteiger partial charge in [-0.1, -0.05) is 6.08 Å². The van der Waals surface area contributed by atoms with Gasteiger partial charge in [0.15, 0.2) is 0 Å². The molecule has 1 heterocycles. The van der Waals surface area contributed by atoms with Gasteiger partial charge < -0.3 is 18.9 Å². The molecule has 1 aliphatic rings. The van der Waals surface area contributed by atoms with Gasteiger partial charge in [-0.05, 0) is 60.4 Å². The van der Waals surface area contributed by atoms with Crippen molar-refractivity contribution in [2.45, 2.75) is 72.7 Å². The van der Waals surface area contributed by atoms with Crippen LogP contribution < -0.4 is 0 Å². The molecule has 0 aliphatic carbocycles. The molecule has 22 heavy (non-hydrogen) atoms. The van der Waals surface area contributed by atoms with E-state index in [4.69, 9.17) is 14.0 Å². The SMILES string of the molecule is CC(C)OB(OC(C)C)C1=CCN(C(=O)OC(C)(C)C)CC1. The van der Waals surface area contributed by atoms with Gasteiger partial charge in [-0.3, -0.25) is 0 Å².